The van der Waals surface area contributed by atoms with Crippen molar-refractivity contribution in [2.24, 2.45) is 16.8 Å². The number of sulfone groups is 1. The molecule has 2 aliphatic carbocycles. The number of benzene rings is 1. The Hall–Kier alpha value is -0.870. The van der Waals surface area contributed by atoms with Crippen molar-refractivity contribution in [3.63, 3.8) is 0 Å². The fourth-order valence-electron chi connectivity index (χ4n) is 5.54. The molecule has 3 aliphatic rings. The minimum Gasteiger partial charge on any atom is -0.357 e. The molecule has 8 heteroatoms. The lowest BCUT2D eigenvalue weighted by atomic mass is 9.93. The summed E-state index contributed by atoms with van der Waals surface area (Å²) in [6.07, 6.45) is 7.87. The second-order valence-corrected chi connectivity index (χ2v) is 11.2. The van der Waals surface area contributed by atoms with Crippen LogP contribution in [0.1, 0.15) is 38.2 Å². The highest BCUT2D eigenvalue weighted by atomic mass is 127. The third kappa shape index (κ3) is 6.13. The van der Waals surface area contributed by atoms with E-state index in [1.807, 2.05) is 12.1 Å². The average molecular weight is 561 g/mol. The highest BCUT2D eigenvalue weighted by Gasteiger charge is 2.42. The zero-order valence-electron chi connectivity index (χ0n) is 18.8. The molecule has 6 nitrogen and oxygen atoms in total. The molecule has 2 saturated carbocycles. The van der Waals surface area contributed by atoms with Crippen molar-refractivity contribution in [3.8, 4) is 0 Å². The van der Waals surface area contributed by atoms with Gasteiger partial charge in [0.1, 0.15) is 0 Å². The van der Waals surface area contributed by atoms with E-state index < -0.39 is 9.84 Å². The summed E-state index contributed by atoms with van der Waals surface area (Å²) in [6.45, 7) is 8.06. The molecule has 174 valence electrons. The summed E-state index contributed by atoms with van der Waals surface area (Å²) in [6, 6.07) is 8.00. The van der Waals surface area contributed by atoms with Gasteiger partial charge in [-0.2, -0.15) is 0 Å². The molecule has 3 atom stereocenters. The van der Waals surface area contributed by atoms with Crippen LogP contribution in [-0.2, 0) is 16.3 Å². The molecular formula is C23H37IN4O2S. The maximum absolute atomic E-state index is 11.6. The van der Waals surface area contributed by atoms with E-state index in [9.17, 15) is 8.42 Å². The van der Waals surface area contributed by atoms with E-state index >= 15 is 0 Å². The number of hydrogen-bond acceptors (Lipinski definition) is 4. The van der Waals surface area contributed by atoms with Gasteiger partial charge in [0, 0.05) is 51.6 Å². The lowest BCUT2D eigenvalue weighted by Gasteiger charge is -2.42. The van der Waals surface area contributed by atoms with Gasteiger partial charge in [0.25, 0.3) is 0 Å². The molecule has 0 aromatic heterocycles. The summed E-state index contributed by atoms with van der Waals surface area (Å²) in [5, 5.41) is 3.46. The standard InChI is InChI=1S/C23H36N4O2S.HI/c1-3-24-23(25-11-10-18-5-8-21(9-6-18)30(2,28)29)27-14-12-26(13-15-27)22-17-19-4-7-20(22)16-19;/h5-6,8-9,19-20,22H,3-4,7,10-17H2,1-2H3,(H,24,25);1H. The van der Waals surface area contributed by atoms with Gasteiger partial charge in [-0.1, -0.05) is 18.6 Å². The molecule has 31 heavy (non-hydrogen) atoms. The number of guanidine groups is 1. The highest BCUT2D eigenvalue weighted by molar-refractivity contribution is 14.0. The smallest absolute Gasteiger partial charge is 0.194 e. The summed E-state index contributed by atoms with van der Waals surface area (Å²) in [5.74, 6) is 2.97. The second-order valence-electron chi connectivity index (χ2n) is 9.17. The normalized spacial score (nSPS) is 26.7. The van der Waals surface area contributed by atoms with Crippen molar-refractivity contribution in [2.75, 3.05) is 45.5 Å². The first-order valence-corrected chi connectivity index (χ1v) is 13.4. The Morgan fingerprint density at radius 3 is 2.35 bits per heavy atom. The minimum absolute atomic E-state index is 0. The zero-order valence-corrected chi connectivity index (χ0v) is 21.9. The van der Waals surface area contributed by atoms with Crippen molar-refractivity contribution >= 4 is 39.8 Å². The molecule has 0 radical (unpaired) electrons. The van der Waals surface area contributed by atoms with Crippen LogP contribution in [0.25, 0.3) is 0 Å². The van der Waals surface area contributed by atoms with Gasteiger partial charge in [-0.25, -0.2) is 8.42 Å². The van der Waals surface area contributed by atoms with Crippen molar-refractivity contribution < 1.29 is 8.42 Å². The van der Waals surface area contributed by atoms with Crippen molar-refractivity contribution in [2.45, 2.75) is 50.0 Å². The van der Waals surface area contributed by atoms with Crippen LogP contribution in [0.15, 0.2) is 34.2 Å². The maximum atomic E-state index is 11.6. The van der Waals surface area contributed by atoms with E-state index in [0.717, 1.165) is 68.5 Å². The summed E-state index contributed by atoms with van der Waals surface area (Å²) >= 11 is 0. The molecule has 0 spiro atoms. The first-order valence-electron chi connectivity index (χ1n) is 11.5. The van der Waals surface area contributed by atoms with Gasteiger partial charge in [-0.05, 0) is 62.1 Å². The molecule has 1 saturated heterocycles. The monoisotopic (exact) mass is 560 g/mol. The molecule has 3 unspecified atom stereocenters. The van der Waals surface area contributed by atoms with Gasteiger partial charge in [0.2, 0.25) is 0 Å². The van der Waals surface area contributed by atoms with Gasteiger partial charge in [-0.3, -0.25) is 9.89 Å². The Kier molecular flexibility index (Phi) is 8.65. The predicted octanol–water partition coefficient (Wildman–Crippen LogP) is 3.02. The Bertz CT molecular complexity index is 851. The van der Waals surface area contributed by atoms with Gasteiger partial charge >= 0.3 is 0 Å². The van der Waals surface area contributed by atoms with Gasteiger partial charge in [-0.15, -0.1) is 24.0 Å². The first kappa shape index (κ1) is 24.8. The Morgan fingerprint density at radius 2 is 1.81 bits per heavy atom. The summed E-state index contributed by atoms with van der Waals surface area (Å²) in [7, 11) is -3.14. The van der Waals surface area contributed by atoms with Crippen LogP contribution in [0.5, 0.6) is 0 Å². The molecule has 2 bridgehead atoms. The Balaban J connectivity index is 0.00000272. The van der Waals surface area contributed by atoms with Crippen LogP contribution in [0.3, 0.4) is 0 Å². The molecule has 4 rings (SSSR count). The number of hydrogen-bond donors (Lipinski definition) is 1. The fraction of sp³-hybridized carbons (Fsp3) is 0.696. The molecular weight excluding hydrogens is 523 g/mol. The summed E-state index contributed by atoms with van der Waals surface area (Å²) in [4.78, 5) is 10.4. The lowest BCUT2D eigenvalue weighted by Crippen LogP contribution is -2.55. The van der Waals surface area contributed by atoms with Crippen LogP contribution in [-0.4, -0.2) is 75.7 Å². The predicted molar refractivity (Wildman–Crippen MR) is 137 cm³/mol. The molecule has 0 amide bonds. The maximum Gasteiger partial charge on any atom is 0.194 e. The number of nitrogens with one attached hydrogen (secondary N) is 1. The highest BCUT2D eigenvalue weighted by Crippen LogP contribution is 2.46. The number of piperazine rings is 1. The van der Waals surface area contributed by atoms with Crippen LogP contribution < -0.4 is 5.32 Å². The van der Waals surface area contributed by atoms with Crippen LogP contribution in [0.4, 0.5) is 0 Å². The van der Waals surface area contributed by atoms with Crippen LogP contribution in [0, 0.1) is 11.8 Å². The third-order valence-electron chi connectivity index (χ3n) is 7.13. The van der Waals surface area contributed by atoms with Gasteiger partial charge in [0.05, 0.1) is 4.90 Å². The Morgan fingerprint density at radius 1 is 1.10 bits per heavy atom. The van der Waals surface area contributed by atoms with Crippen molar-refractivity contribution in [1.82, 2.24) is 15.1 Å². The average Bonchev–Trinajstić information content (AvgIpc) is 3.37. The molecule has 1 aromatic rings. The van der Waals surface area contributed by atoms with Crippen molar-refractivity contribution in [3.05, 3.63) is 29.8 Å². The number of aliphatic imine (C=N–C) groups is 1. The van der Waals surface area contributed by atoms with Crippen molar-refractivity contribution in [1.29, 1.82) is 0 Å². The minimum atomic E-state index is -3.14. The van der Waals surface area contributed by atoms with E-state index in [0.29, 0.717) is 11.4 Å². The second kappa shape index (κ2) is 10.8. The van der Waals surface area contributed by atoms with E-state index in [1.165, 1.54) is 31.9 Å². The number of rotatable bonds is 6. The number of fused-ring (bicyclic) bond motifs is 2. The van der Waals surface area contributed by atoms with E-state index in [4.69, 9.17) is 4.99 Å². The number of nitrogens with zero attached hydrogens (tertiary/aromatic N) is 3. The van der Waals surface area contributed by atoms with E-state index in [-0.39, 0.29) is 24.0 Å². The van der Waals surface area contributed by atoms with E-state index in [1.54, 1.807) is 12.1 Å². The largest absolute Gasteiger partial charge is 0.357 e. The summed E-state index contributed by atoms with van der Waals surface area (Å²) in [5.41, 5.74) is 1.11. The van der Waals surface area contributed by atoms with Crippen LogP contribution >= 0.6 is 24.0 Å². The fourth-order valence-corrected chi connectivity index (χ4v) is 6.17. The van der Waals surface area contributed by atoms with Gasteiger partial charge in [0.15, 0.2) is 15.8 Å². The Labute approximate surface area is 204 Å². The molecule has 1 N–H and O–H groups in total. The SMILES string of the molecule is CCNC(=NCCc1ccc(S(C)(=O)=O)cc1)N1CCN(C2CC3CCC2C3)CC1.I. The number of halogens is 1. The van der Waals surface area contributed by atoms with Crippen LogP contribution in [0.2, 0.25) is 0 Å². The van der Waals surface area contributed by atoms with E-state index in [2.05, 4.69) is 22.0 Å². The van der Waals surface area contributed by atoms with Gasteiger partial charge < -0.3 is 10.2 Å². The first-order chi connectivity index (χ1) is 14.4. The summed E-state index contributed by atoms with van der Waals surface area (Å²) < 4.78 is 23.2. The topological polar surface area (TPSA) is 65.0 Å². The molecule has 1 heterocycles. The molecule has 3 fully saturated rings. The zero-order chi connectivity index (χ0) is 21.1. The molecule has 1 aliphatic heterocycles. The third-order valence-corrected chi connectivity index (χ3v) is 8.26. The lowest BCUT2D eigenvalue weighted by molar-refractivity contribution is 0.0958. The quantitative estimate of drug-likeness (QED) is 0.329. The molecule has 1 aromatic carbocycles.